The van der Waals surface area contributed by atoms with E-state index in [9.17, 15) is 0 Å². The Labute approximate surface area is 166 Å². The van der Waals surface area contributed by atoms with Crippen LogP contribution in [0, 0.1) is 11.3 Å². The maximum absolute atomic E-state index is 8.86. The van der Waals surface area contributed by atoms with Crippen molar-refractivity contribution in [1.82, 2.24) is 19.9 Å². The van der Waals surface area contributed by atoms with Crippen molar-refractivity contribution in [2.24, 2.45) is 0 Å². The van der Waals surface area contributed by atoms with Crippen molar-refractivity contribution in [3.05, 3.63) is 83.2 Å². The monoisotopic (exact) mass is 384 g/mol. The Kier molecular flexibility index (Phi) is 4.91. The first-order chi connectivity index (χ1) is 13.7. The van der Waals surface area contributed by atoms with Crippen LogP contribution in [0.4, 0.5) is 11.5 Å². The summed E-state index contributed by atoms with van der Waals surface area (Å²) in [6, 6.07) is 14.9. The molecule has 3 heterocycles. The number of nitrogens with one attached hydrogen (secondary N) is 1. The third kappa shape index (κ3) is 3.95. The highest BCUT2D eigenvalue weighted by atomic mass is 35.5. The van der Waals surface area contributed by atoms with Crippen LogP contribution in [-0.4, -0.2) is 19.9 Å². The average Bonchev–Trinajstić information content (AvgIpc) is 2.74. The minimum absolute atomic E-state index is 0.358. The van der Waals surface area contributed by atoms with E-state index in [4.69, 9.17) is 16.9 Å². The molecule has 0 saturated carbocycles. The Balaban J connectivity index is 1.65. The molecule has 0 bridgehead atoms. The highest BCUT2D eigenvalue weighted by molar-refractivity contribution is 6.30. The fourth-order valence-corrected chi connectivity index (χ4v) is 2.72. The van der Waals surface area contributed by atoms with E-state index in [2.05, 4.69) is 25.3 Å². The van der Waals surface area contributed by atoms with E-state index < -0.39 is 0 Å². The lowest BCUT2D eigenvalue weighted by Gasteiger charge is -2.08. The van der Waals surface area contributed by atoms with Gasteiger partial charge in [0.15, 0.2) is 0 Å². The molecule has 1 N–H and O–H groups in total. The minimum Gasteiger partial charge on any atom is -0.338 e. The molecule has 0 saturated heterocycles. The topological polar surface area (TPSA) is 87.4 Å². The van der Waals surface area contributed by atoms with Crippen molar-refractivity contribution in [3.63, 3.8) is 0 Å². The maximum atomic E-state index is 8.86. The van der Waals surface area contributed by atoms with Gasteiger partial charge in [-0.05, 0) is 42.0 Å². The predicted molar refractivity (Wildman–Crippen MR) is 110 cm³/mol. The van der Waals surface area contributed by atoms with Gasteiger partial charge < -0.3 is 5.32 Å². The molecule has 0 radical (unpaired) electrons. The molecule has 4 aromatic rings. The van der Waals surface area contributed by atoms with E-state index in [1.54, 1.807) is 24.5 Å². The number of aromatic nitrogens is 4. The number of hydrogen-bond acceptors (Lipinski definition) is 6. The first-order valence-electron chi connectivity index (χ1n) is 8.39. The van der Waals surface area contributed by atoms with E-state index in [-0.39, 0.29) is 0 Å². The van der Waals surface area contributed by atoms with Crippen molar-refractivity contribution in [1.29, 1.82) is 5.26 Å². The molecule has 0 amide bonds. The van der Waals surface area contributed by atoms with Gasteiger partial charge in [0.05, 0.1) is 29.3 Å². The smallest absolute Gasteiger partial charge is 0.141 e. The lowest BCUT2D eigenvalue weighted by atomic mass is 10.2. The van der Waals surface area contributed by atoms with Crippen LogP contribution in [-0.2, 0) is 0 Å². The lowest BCUT2D eigenvalue weighted by Crippen LogP contribution is -1.98. The third-order valence-corrected chi connectivity index (χ3v) is 4.25. The quantitative estimate of drug-likeness (QED) is 0.540. The third-order valence-electron chi connectivity index (χ3n) is 4.00. The standard InChI is InChI=1S/C21H13ClN6/c22-15-4-1-14(2-5-15)3-6-16-9-19-20(12-25-16)26-13-27-21(19)28-18-8-7-17(10-23)24-11-18/h1-9,11-13H,(H,26,27,28)/b6-3+. The van der Waals surface area contributed by atoms with Crippen molar-refractivity contribution >= 4 is 46.2 Å². The van der Waals surface area contributed by atoms with Crippen LogP contribution in [0.25, 0.3) is 23.1 Å². The molecular formula is C21H13ClN6. The zero-order valence-corrected chi connectivity index (χ0v) is 15.3. The summed E-state index contributed by atoms with van der Waals surface area (Å²) in [5.74, 6) is 0.639. The summed E-state index contributed by atoms with van der Waals surface area (Å²) in [7, 11) is 0. The fourth-order valence-electron chi connectivity index (χ4n) is 2.59. The summed E-state index contributed by atoms with van der Waals surface area (Å²) >= 11 is 5.92. The van der Waals surface area contributed by atoms with E-state index in [1.807, 2.05) is 48.6 Å². The second-order valence-corrected chi connectivity index (χ2v) is 6.34. The zero-order chi connectivity index (χ0) is 19.3. The van der Waals surface area contributed by atoms with Crippen LogP contribution in [0.15, 0.2) is 61.2 Å². The Bertz CT molecular complexity index is 1190. The first-order valence-corrected chi connectivity index (χ1v) is 8.77. The fraction of sp³-hybridized carbons (Fsp3) is 0. The summed E-state index contributed by atoms with van der Waals surface area (Å²) in [5.41, 5.74) is 3.62. The Morgan fingerprint density at radius 1 is 0.929 bits per heavy atom. The summed E-state index contributed by atoms with van der Waals surface area (Å²) in [4.78, 5) is 17.1. The van der Waals surface area contributed by atoms with Gasteiger partial charge in [0, 0.05) is 10.4 Å². The van der Waals surface area contributed by atoms with Crippen LogP contribution < -0.4 is 5.32 Å². The van der Waals surface area contributed by atoms with Gasteiger partial charge in [-0.1, -0.05) is 29.8 Å². The molecule has 0 aliphatic heterocycles. The molecule has 0 fully saturated rings. The van der Waals surface area contributed by atoms with Crippen LogP contribution in [0.2, 0.25) is 5.02 Å². The number of rotatable bonds is 4. The van der Waals surface area contributed by atoms with E-state index in [0.29, 0.717) is 16.5 Å². The second kappa shape index (κ2) is 7.82. The summed E-state index contributed by atoms with van der Waals surface area (Å²) in [6.07, 6.45) is 8.66. The van der Waals surface area contributed by atoms with Gasteiger partial charge in [-0.25, -0.2) is 15.0 Å². The van der Waals surface area contributed by atoms with Gasteiger partial charge in [0.2, 0.25) is 0 Å². The largest absolute Gasteiger partial charge is 0.338 e. The molecule has 7 heteroatoms. The van der Waals surface area contributed by atoms with Gasteiger partial charge >= 0.3 is 0 Å². The normalized spacial score (nSPS) is 10.9. The summed E-state index contributed by atoms with van der Waals surface area (Å²) < 4.78 is 0. The van der Waals surface area contributed by atoms with Crippen molar-refractivity contribution in [2.75, 3.05) is 5.32 Å². The number of benzene rings is 1. The van der Waals surface area contributed by atoms with Crippen LogP contribution >= 0.6 is 11.6 Å². The van der Waals surface area contributed by atoms with Gasteiger partial charge in [0.25, 0.3) is 0 Å². The molecule has 0 unspecified atom stereocenters. The number of pyridine rings is 2. The number of fused-ring (bicyclic) bond motifs is 1. The number of anilines is 2. The van der Waals surface area contributed by atoms with Crippen LogP contribution in [0.5, 0.6) is 0 Å². The highest BCUT2D eigenvalue weighted by Crippen LogP contribution is 2.23. The van der Waals surface area contributed by atoms with Crippen LogP contribution in [0.1, 0.15) is 17.0 Å². The van der Waals surface area contributed by atoms with E-state index >= 15 is 0 Å². The summed E-state index contributed by atoms with van der Waals surface area (Å²) in [6.45, 7) is 0. The molecular weight excluding hydrogens is 372 g/mol. The second-order valence-electron chi connectivity index (χ2n) is 5.90. The van der Waals surface area contributed by atoms with Gasteiger partial charge in [0.1, 0.15) is 23.9 Å². The predicted octanol–water partition coefficient (Wildman–Crippen LogP) is 4.86. The average molecular weight is 385 g/mol. The Hall–Kier alpha value is -3.82. The number of nitriles is 1. The molecule has 134 valence electrons. The van der Waals surface area contributed by atoms with E-state index in [0.717, 1.165) is 27.8 Å². The first kappa shape index (κ1) is 17.6. The number of nitrogens with zero attached hydrogens (tertiary/aromatic N) is 5. The van der Waals surface area contributed by atoms with Gasteiger partial charge in [-0.15, -0.1) is 0 Å². The molecule has 3 aromatic heterocycles. The molecule has 28 heavy (non-hydrogen) atoms. The van der Waals surface area contributed by atoms with Crippen molar-refractivity contribution in [3.8, 4) is 6.07 Å². The number of halogens is 1. The molecule has 0 aliphatic carbocycles. The highest BCUT2D eigenvalue weighted by Gasteiger charge is 2.06. The number of hydrogen-bond donors (Lipinski definition) is 1. The Morgan fingerprint density at radius 3 is 2.54 bits per heavy atom. The van der Waals surface area contributed by atoms with Crippen molar-refractivity contribution < 1.29 is 0 Å². The van der Waals surface area contributed by atoms with E-state index in [1.165, 1.54) is 6.33 Å². The molecule has 6 nitrogen and oxygen atoms in total. The molecule has 0 aliphatic rings. The molecule has 1 aromatic carbocycles. The summed E-state index contributed by atoms with van der Waals surface area (Å²) in [5, 5.41) is 13.6. The van der Waals surface area contributed by atoms with Crippen molar-refractivity contribution in [2.45, 2.75) is 0 Å². The zero-order valence-electron chi connectivity index (χ0n) is 14.5. The molecule has 0 spiro atoms. The van der Waals surface area contributed by atoms with Gasteiger partial charge in [-0.3, -0.25) is 4.98 Å². The maximum Gasteiger partial charge on any atom is 0.141 e. The SMILES string of the molecule is N#Cc1ccc(Nc2ncnc3cnc(/C=C/c4ccc(Cl)cc4)cc23)cn1. The van der Waals surface area contributed by atoms with Crippen LogP contribution in [0.3, 0.4) is 0 Å². The Morgan fingerprint density at radius 2 is 1.79 bits per heavy atom. The molecule has 4 rings (SSSR count). The minimum atomic E-state index is 0.358. The molecule has 0 atom stereocenters. The van der Waals surface area contributed by atoms with Gasteiger partial charge in [-0.2, -0.15) is 5.26 Å². The lowest BCUT2D eigenvalue weighted by molar-refractivity contribution is 1.19.